The summed E-state index contributed by atoms with van der Waals surface area (Å²) >= 11 is 6.42. The van der Waals surface area contributed by atoms with E-state index in [4.69, 9.17) is 52.5 Å². The lowest BCUT2D eigenvalue weighted by molar-refractivity contribution is -0.392. The van der Waals surface area contributed by atoms with Gasteiger partial charge >= 0.3 is 0 Å². The highest BCUT2D eigenvalue weighted by Crippen LogP contribution is 2.50. The van der Waals surface area contributed by atoms with Crippen LogP contribution in [0.25, 0.3) is 0 Å². The maximum Gasteiger partial charge on any atom is 0.194 e. The number of aliphatic hydroxyl groups is 8. The van der Waals surface area contributed by atoms with Gasteiger partial charge in [-0.05, 0) is 20.8 Å². The van der Waals surface area contributed by atoms with Gasteiger partial charge in [0.1, 0.15) is 53.4 Å². The lowest BCUT2D eigenvalue weighted by Gasteiger charge is -2.61. The SMILES string of the molecule is C[C@]1(O)[C@@](C)(O)[C@@](N)(Cl)[C@@H](OC2[C@@H](CO)O[C@@H](OC3[C@@H](CO)O[C@@H](O)[C@H](N)[C@H]3O)[C@H](N)[C@H]2O)O[C@]1(C)CO. The molecule has 16 nitrogen and oxygen atoms in total. The van der Waals surface area contributed by atoms with E-state index in [9.17, 15) is 40.9 Å². The maximum absolute atomic E-state index is 11.1. The number of ether oxygens (including phenoxy) is 5. The molecule has 15 atom stereocenters. The molecule has 3 heterocycles. The fraction of sp³-hybridized carbons (Fsp3) is 1.00. The molecule has 0 spiro atoms. The first-order valence-corrected chi connectivity index (χ1v) is 12.4. The van der Waals surface area contributed by atoms with E-state index in [1.807, 2.05) is 0 Å². The van der Waals surface area contributed by atoms with Crippen LogP contribution in [-0.2, 0) is 23.7 Å². The summed E-state index contributed by atoms with van der Waals surface area (Å²) in [6.45, 7) is 1.35. The van der Waals surface area contributed by atoms with E-state index in [-0.39, 0.29) is 0 Å². The molecule has 3 rings (SSSR count). The van der Waals surface area contributed by atoms with Gasteiger partial charge in [0.2, 0.25) is 0 Å². The smallest absolute Gasteiger partial charge is 0.194 e. The number of nitrogens with two attached hydrogens (primary N) is 3. The first-order valence-electron chi connectivity index (χ1n) is 12.0. The zero-order valence-electron chi connectivity index (χ0n) is 21.2. The van der Waals surface area contributed by atoms with Crippen LogP contribution in [0.1, 0.15) is 20.8 Å². The Labute approximate surface area is 223 Å². The van der Waals surface area contributed by atoms with Crippen molar-refractivity contribution in [3.8, 4) is 0 Å². The van der Waals surface area contributed by atoms with Crippen LogP contribution in [0.15, 0.2) is 0 Å². The summed E-state index contributed by atoms with van der Waals surface area (Å²) in [5.74, 6) is 0. The van der Waals surface area contributed by atoms with E-state index >= 15 is 0 Å². The normalized spacial score (nSPS) is 56.1. The van der Waals surface area contributed by atoms with Gasteiger partial charge in [0.05, 0.1) is 31.9 Å². The minimum atomic E-state index is -2.35. The van der Waals surface area contributed by atoms with Gasteiger partial charge in [0.15, 0.2) is 23.9 Å². The monoisotopic (exact) mass is 577 g/mol. The number of hydrogen-bond acceptors (Lipinski definition) is 16. The quantitative estimate of drug-likeness (QED) is 0.0991. The van der Waals surface area contributed by atoms with E-state index < -0.39 is 109 Å². The molecule has 17 heteroatoms. The molecule has 14 N–H and O–H groups in total. The average molecular weight is 578 g/mol. The molecule has 3 aliphatic rings. The Morgan fingerprint density at radius 3 is 1.84 bits per heavy atom. The third kappa shape index (κ3) is 4.99. The minimum absolute atomic E-state index is 0.675. The number of halogens is 1. The first-order chi connectivity index (χ1) is 17.4. The zero-order valence-corrected chi connectivity index (χ0v) is 22.0. The molecule has 0 amide bonds. The van der Waals surface area contributed by atoms with E-state index in [2.05, 4.69) is 0 Å². The predicted octanol–water partition coefficient (Wildman–Crippen LogP) is -5.94. The van der Waals surface area contributed by atoms with Crippen molar-refractivity contribution < 1.29 is 64.5 Å². The second-order valence-electron chi connectivity index (χ2n) is 10.6. The van der Waals surface area contributed by atoms with Gasteiger partial charge in [-0.15, -0.1) is 0 Å². The molecule has 3 aliphatic heterocycles. The third-order valence-corrected chi connectivity index (χ3v) is 8.68. The van der Waals surface area contributed by atoms with Gasteiger partial charge in [0.25, 0.3) is 0 Å². The second-order valence-corrected chi connectivity index (χ2v) is 11.2. The summed E-state index contributed by atoms with van der Waals surface area (Å²) < 4.78 is 28.0. The molecule has 3 saturated heterocycles. The Bertz CT molecular complexity index is 821. The van der Waals surface area contributed by atoms with Gasteiger partial charge < -0.3 is 81.7 Å². The van der Waals surface area contributed by atoms with Crippen molar-refractivity contribution in [1.29, 1.82) is 0 Å². The number of alkyl halides is 1. The number of aliphatic hydroxyl groups excluding tert-OH is 6. The lowest BCUT2D eigenvalue weighted by Crippen LogP contribution is -2.83. The van der Waals surface area contributed by atoms with Gasteiger partial charge in [0, 0.05) is 0 Å². The molecule has 0 aromatic heterocycles. The Morgan fingerprint density at radius 2 is 1.32 bits per heavy atom. The molecule has 224 valence electrons. The Balaban J connectivity index is 1.83. The summed E-state index contributed by atoms with van der Waals surface area (Å²) in [6.07, 6.45) is -13.5. The van der Waals surface area contributed by atoms with Crippen molar-refractivity contribution >= 4 is 11.6 Å². The molecular formula is C21H40ClN3O13. The fourth-order valence-electron chi connectivity index (χ4n) is 4.82. The average Bonchev–Trinajstić information content (AvgIpc) is 2.86. The first kappa shape index (κ1) is 32.2. The van der Waals surface area contributed by atoms with Crippen molar-refractivity contribution in [3.63, 3.8) is 0 Å². The molecule has 0 aliphatic carbocycles. The van der Waals surface area contributed by atoms with Crippen molar-refractivity contribution in [3.05, 3.63) is 0 Å². The standard InChI is InChI=1S/C21H40ClN3O13/c1-18(6-28)19(2,32)20(3,33)21(22,25)17(38-18)37-14-8(5-27)35-16(10(24)12(14)30)36-13-7(4-26)34-15(31)9(23)11(13)29/h7-17,26-33H,4-6,23-25H2,1-3H3/t7-,8-,9-,10-,11-,12-,13?,14?,15-,16+,17+,18-,19-,20-,21-/m1/s1. The summed E-state index contributed by atoms with van der Waals surface area (Å²) in [7, 11) is 0. The van der Waals surface area contributed by atoms with Crippen LogP contribution in [0.5, 0.6) is 0 Å². The largest absolute Gasteiger partial charge is 0.394 e. The van der Waals surface area contributed by atoms with Crippen LogP contribution in [0.4, 0.5) is 0 Å². The highest BCUT2D eigenvalue weighted by atomic mass is 35.5. The maximum atomic E-state index is 11.1. The van der Waals surface area contributed by atoms with Crippen LogP contribution in [0, 0.1) is 0 Å². The Morgan fingerprint density at radius 1 is 0.816 bits per heavy atom. The lowest BCUT2D eigenvalue weighted by atomic mass is 9.67. The van der Waals surface area contributed by atoms with Crippen LogP contribution >= 0.6 is 11.6 Å². The molecule has 2 unspecified atom stereocenters. The Hall–Kier alpha value is -0.350. The van der Waals surface area contributed by atoms with Gasteiger partial charge in [-0.1, -0.05) is 11.6 Å². The molecule has 0 aromatic carbocycles. The minimum Gasteiger partial charge on any atom is -0.394 e. The van der Waals surface area contributed by atoms with Crippen LogP contribution < -0.4 is 17.2 Å². The summed E-state index contributed by atoms with van der Waals surface area (Å²) in [5, 5.41) is 82.9. The van der Waals surface area contributed by atoms with E-state index in [0.717, 1.165) is 6.92 Å². The Kier molecular flexibility index (Phi) is 9.43. The molecule has 0 aromatic rings. The summed E-state index contributed by atoms with van der Waals surface area (Å²) in [4.78, 5) is -2.35. The predicted molar refractivity (Wildman–Crippen MR) is 126 cm³/mol. The van der Waals surface area contributed by atoms with Gasteiger partial charge in [-0.25, -0.2) is 0 Å². The van der Waals surface area contributed by atoms with Crippen molar-refractivity contribution in [2.75, 3.05) is 19.8 Å². The van der Waals surface area contributed by atoms with Crippen molar-refractivity contribution in [2.24, 2.45) is 17.2 Å². The number of rotatable bonds is 7. The molecule has 38 heavy (non-hydrogen) atoms. The van der Waals surface area contributed by atoms with E-state index in [0.29, 0.717) is 0 Å². The van der Waals surface area contributed by atoms with Gasteiger partial charge in [-0.3, -0.25) is 0 Å². The molecule has 3 fully saturated rings. The summed E-state index contributed by atoms with van der Waals surface area (Å²) in [6, 6.07) is -2.70. The molecule has 0 saturated carbocycles. The van der Waals surface area contributed by atoms with Crippen molar-refractivity contribution in [2.45, 2.75) is 110 Å². The summed E-state index contributed by atoms with van der Waals surface area (Å²) in [5.41, 5.74) is 11.6. The zero-order chi connectivity index (χ0) is 29.0. The van der Waals surface area contributed by atoms with Crippen LogP contribution in [0.2, 0.25) is 0 Å². The highest BCUT2D eigenvalue weighted by molar-refractivity contribution is 6.25. The highest BCUT2D eigenvalue weighted by Gasteiger charge is 2.71. The van der Waals surface area contributed by atoms with Crippen LogP contribution in [0.3, 0.4) is 0 Å². The molecule has 0 bridgehead atoms. The topological polar surface area (TPSA) is 286 Å². The van der Waals surface area contributed by atoms with Crippen molar-refractivity contribution in [1.82, 2.24) is 0 Å². The fourth-order valence-corrected chi connectivity index (χ4v) is 5.10. The third-order valence-electron chi connectivity index (χ3n) is 8.13. The van der Waals surface area contributed by atoms with E-state index in [1.54, 1.807) is 0 Å². The van der Waals surface area contributed by atoms with Crippen LogP contribution in [-0.4, -0.2) is 150 Å². The van der Waals surface area contributed by atoms with Gasteiger partial charge in [-0.2, -0.15) is 0 Å². The van der Waals surface area contributed by atoms with E-state index in [1.165, 1.54) is 13.8 Å². The molecule has 0 radical (unpaired) electrons. The second kappa shape index (κ2) is 11.1. The molecular weight excluding hydrogens is 538 g/mol. The number of hydrogen-bond donors (Lipinski definition) is 11.